The molecular weight excluding hydrogens is 246 g/mol. The van der Waals surface area contributed by atoms with Crippen LogP contribution in [-0.2, 0) is 0 Å². The van der Waals surface area contributed by atoms with E-state index < -0.39 is 0 Å². The number of nitrogens with zero attached hydrogens (tertiary/aromatic N) is 1. The standard InChI is InChI=1S/C18H25NO/c1-5-14-9-10-16(13-19(2)3)18(11-14)15-7-6-8-17(12-15)20-4/h5-8,11-12,16H,9-10,13H2,1-4H3/b14-5+. The maximum Gasteiger partial charge on any atom is 0.119 e. The summed E-state index contributed by atoms with van der Waals surface area (Å²) in [6.07, 6.45) is 7.00. The van der Waals surface area contributed by atoms with Gasteiger partial charge in [-0.25, -0.2) is 0 Å². The Morgan fingerprint density at radius 2 is 2.15 bits per heavy atom. The van der Waals surface area contributed by atoms with Gasteiger partial charge in [0, 0.05) is 6.54 Å². The zero-order valence-corrected chi connectivity index (χ0v) is 13.0. The molecule has 2 nitrogen and oxygen atoms in total. The number of allylic oxidation sites excluding steroid dienone is 3. The summed E-state index contributed by atoms with van der Waals surface area (Å²) in [5, 5.41) is 0. The quantitative estimate of drug-likeness (QED) is 0.821. The third-order valence-electron chi connectivity index (χ3n) is 3.92. The van der Waals surface area contributed by atoms with Crippen LogP contribution in [0.15, 0.2) is 42.0 Å². The summed E-state index contributed by atoms with van der Waals surface area (Å²) in [6.45, 7) is 3.22. The number of hydrogen-bond acceptors (Lipinski definition) is 2. The van der Waals surface area contributed by atoms with Crippen LogP contribution >= 0.6 is 0 Å². The van der Waals surface area contributed by atoms with Gasteiger partial charge in [-0.15, -0.1) is 0 Å². The summed E-state index contributed by atoms with van der Waals surface area (Å²) in [5.41, 5.74) is 4.17. The van der Waals surface area contributed by atoms with Crippen LogP contribution in [0, 0.1) is 5.92 Å². The molecule has 1 aromatic rings. The zero-order valence-electron chi connectivity index (χ0n) is 13.0. The predicted molar refractivity (Wildman–Crippen MR) is 86.0 cm³/mol. The lowest BCUT2D eigenvalue weighted by Gasteiger charge is -2.28. The molecule has 108 valence electrons. The third kappa shape index (κ3) is 3.51. The number of methoxy groups -OCH3 is 1. The molecule has 1 aliphatic carbocycles. The van der Waals surface area contributed by atoms with Gasteiger partial charge < -0.3 is 9.64 Å². The molecule has 0 heterocycles. The van der Waals surface area contributed by atoms with E-state index in [0.29, 0.717) is 5.92 Å². The predicted octanol–water partition coefficient (Wildman–Crippen LogP) is 4.00. The topological polar surface area (TPSA) is 12.5 Å². The van der Waals surface area contributed by atoms with Crippen LogP contribution in [0.25, 0.3) is 5.57 Å². The van der Waals surface area contributed by atoms with Crippen LogP contribution in [0.4, 0.5) is 0 Å². The largest absolute Gasteiger partial charge is 0.497 e. The smallest absolute Gasteiger partial charge is 0.119 e. The Morgan fingerprint density at radius 1 is 1.35 bits per heavy atom. The van der Waals surface area contributed by atoms with Gasteiger partial charge >= 0.3 is 0 Å². The summed E-state index contributed by atoms with van der Waals surface area (Å²) < 4.78 is 5.36. The highest BCUT2D eigenvalue weighted by molar-refractivity contribution is 5.72. The Morgan fingerprint density at radius 3 is 2.80 bits per heavy atom. The van der Waals surface area contributed by atoms with Crippen molar-refractivity contribution in [3.05, 3.63) is 47.6 Å². The van der Waals surface area contributed by atoms with Crippen molar-refractivity contribution in [3.63, 3.8) is 0 Å². The van der Waals surface area contributed by atoms with Gasteiger partial charge in [-0.05, 0) is 63.0 Å². The third-order valence-corrected chi connectivity index (χ3v) is 3.92. The van der Waals surface area contributed by atoms with E-state index in [0.717, 1.165) is 12.3 Å². The van der Waals surface area contributed by atoms with Gasteiger partial charge in [-0.1, -0.05) is 29.9 Å². The van der Waals surface area contributed by atoms with Crippen molar-refractivity contribution in [1.29, 1.82) is 0 Å². The highest BCUT2D eigenvalue weighted by atomic mass is 16.5. The Labute approximate surface area is 122 Å². The minimum absolute atomic E-state index is 0.598. The fourth-order valence-corrected chi connectivity index (χ4v) is 2.87. The molecule has 1 unspecified atom stereocenters. The van der Waals surface area contributed by atoms with E-state index in [1.165, 1.54) is 29.6 Å². The van der Waals surface area contributed by atoms with Gasteiger partial charge in [0.15, 0.2) is 0 Å². The van der Waals surface area contributed by atoms with Gasteiger partial charge in [-0.2, -0.15) is 0 Å². The van der Waals surface area contributed by atoms with E-state index in [1.807, 2.05) is 6.07 Å². The highest BCUT2D eigenvalue weighted by Crippen LogP contribution is 2.36. The maximum absolute atomic E-state index is 5.36. The maximum atomic E-state index is 5.36. The summed E-state index contributed by atoms with van der Waals surface area (Å²) in [4.78, 5) is 2.28. The molecule has 0 saturated heterocycles. The molecule has 1 aliphatic rings. The molecule has 0 N–H and O–H groups in total. The van der Waals surface area contributed by atoms with Crippen LogP contribution in [0.3, 0.4) is 0 Å². The Kier molecular flexibility index (Phi) is 5.02. The van der Waals surface area contributed by atoms with E-state index >= 15 is 0 Å². The van der Waals surface area contributed by atoms with Gasteiger partial charge in [0.25, 0.3) is 0 Å². The minimum Gasteiger partial charge on any atom is -0.497 e. The first kappa shape index (κ1) is 14.9. The van der Waals surface area contributed by atoms with E-state index in [-0.39, 0.29) is 0 Å². The molecule has 20 heavy (non-hydrogen) atoms. The van der Waals surface area contributed by atoms with E-state index in [9.17, 15) is 0 Å². The highest BCUT2D eigenvalue weighted by Gasteiger charge is 2.21. The first-order valence-corrected chi connectivity index (χ1v) is 7.30. The summed E-state index contributed by atoms with van der Waals surface area (Å²) in [5.74, 6) is 1.53. The molecule has 1 atom stereocenters. The molecule has 0 amide bonds. The van der Waals surface area contributed by atoms with Crippen molar-refractivity contribution in [2.24, 2.45) is 5.92 Å². The van der Waals surface area contributed by atoms with Crippen LogP contribution in [0.2, 0.25) is 0 Å². The fraction of sp³-hybridized carbons (Fsp3) is 0.444. The molecule has 1 aromatic carbocycles. The zero-order chi connectivity index (χ0) is 14.5. The van der Waals surface area contributed by atoms with E-state index in [1.54, 1.807) is 7.11 Å². The Balaban J connectivity index is 2.37. The van der Waals surface area contributed by atoms with Crippen molar-refractivity contribution >= 4 is 5.57 Å². The molecule has 0 aliphatic heterocycles. The first-order valence-electron chi connectivity index (χ1n) is 7.30. The lowest BCUT2D eigenvalue weighted by Crippen LogP contribution is -2.24. The molecule has 0 fully saturated rings. The second kappa shape index (κ2) is 6.76. The van der Waals surface area contributed by atoms with Gasteiger partial charge in [-0.3, -0.25) is 0 Å². The summed E-state index contributed by atoms with van der Waals surface area (Å²) in [6, 6.07) is 8.42. The molecule has 0 spiro atoms. The van der Waals surface area contributed by atoms with Crippen molar-refractivity contribution in [2.75, 3.05) is 27.7 Å². The number of rotatable bonds is 4. The lowest BCUT2D eigenvalue weighted by atomic mass is 9.81. The lowest BCUT2D eigenvalue weighted by molar-refractivity contribution is 0.352. The van der Waals surface area contributed by atoms with Gasteiger partial charge in [0.2, 0.25) is 0 Å². The molecular formula is C18H25NO. The van der Waals surface area contributed by atoms with Crippen molar-refractivity contribution in [1.82, 2.24) is 4.90 Å². The van der Waals surface area contributed by atoms with Crippen molar-refractivity contribution in [3.8, 4) is 5.75 Å². The second-order valence-electron chi connectivity index (χ2n) is 5.69. The van der Waals surface area contributed by atoms with Gasteiger partial charge in [0.05, 0.1) is 7.11 Å². The van der Waals surface area contributed by atoms with E-state index in [2.05, 4.69) is 56.3 Å². The number of hydrogen-bond donors (Lipinski definition) is 0. The molecule has 2 heteroatoms. The van der Waals surface area contributed by atoms with E-state index in [4.69, 9.17) is 4.74 Å². The van der Waals surface area contributed by atoms with Crippen LogP contribution in [-0.4, -0.2) is 32.6 Å². The molecule has 0 saturated carbocycles. The molecule has 0 radical (unpaired) electrons. The van der Waals surface area contributed by atoms with Gasteiger partial charge in [0.1, 0.15) is 5.75 Å². The number of benzene rings is 1. The SMILES string of the molecule is C/C=C1/C=C(c2cccc(OC)c2)C(CN(C)C)CC1. The molecule has 2 rings (SSSR count). The van der Waals surface area contributed by atoms with Crippen LogP contribution in [0.1, 0.15) is 25.3 Å². The summed E-state index contributed by atoms with van der Waals surface area (Å²) >= 11 is 0. The van der Waals surface area contributed by atoms with Crippen molar-refractivity contribution < 1.29 is 4.74 Å². The van der Waals surface area contributed by atoms with Crippen LogP contribution in [0.5, 0.6) is 5.75 Å². The second-order valence-corrected chi connectivity index (χ2v) is 5.69. The molecule has 0 bridgehead atoms. The average molecular weight is 271 g/mol. The summed E-state index contributed by atoms with van der Waals surface area (Å²) in [7, 11) is 6.02. The number of ether oxygens (including phenoxy) is 1. The Bertz CT molecular complexity index is 514. The van der Waals surface area contributed by atoms with Crippen LogP contribution < -0.4 is 4.74 Å². The van der Waals surface area contributed by atoms with Crippen molar-refractivity contribution in [2.45, 2.75) is 19.8 Å². The first-order chi connectivity index (χ1) is 9.63. The monoisotopic (exact) mass is 271 g/mol. The fourth-order valence-electron chi connectivity index (χ4n) is 2.87. The minimum atomic E-state index is 0.598. The molecule has 0 aromatic heterocycles. The normalized spacial score (nSPS) is 21.1. The Hall–Kier alpha value is -1.54. The average Bonchev–Trinajstić information content (AvgIpc) is 2.47.